The van der Waals surface area contributed by atoms with Crippen molar-refractivity contribution in [2.45, 2.75) is 31.0 Å². The van der Waals surface area contributed by atoms with Crippen molar-refractivity contribution in [1.82, 2.24) is 0 Å². The first kappa shape index (κ1) is 13.7. The Balaban J connectivity index is 1.87. The summed E-state index contributed by atoms with van der Waals surface area (Å²) in [5.41, 5.74) is 5.33. The van der Waals surface area contributed by atoms with Gasteiger partial charge in [-0.15, -0.1) is 0 Å². The van der Waals surface area contributed by atoms with E-state index in [9.17, 15) is 0 Å². The zero-order chi connectivity index (χ0) is 13.9. The molecule has 1 aliphatic heterocycles. The summed E-state index contributed by atoms with van der Waals surface area (Å²) >= 11 is 3.83. The molecule has 1 heterocycles. The first-order valence-corrected chi connectivity index (χ1v) is 8.18. The molecule has 1 atom stereocenters. The molecule has 2 heteroatoms. The van der Waals surface area contributed by atoms with Gasteiger partial charge in [0.25, 0.3) is 0 Å². The standard InChI is InChI=1S/C18H19BrO/c1-2-13-5-7-14(8-6-13)18(19)16-9-10-17-15(12-16)4-3-11-20-17/h5-10,12,18H,2-4,11H2,1H3. The largest absolute Gasteiger partial charge is 0.493 e. The van der Waals surface area contributed by atoms with Crippen LogP contribution < -0.4 is 4.74 Å². The van der Waals surface area contributed by atoms with Crippen molar-refractivity contribution in [3.63, 3.8) is 0 Å². The summed E-state index contributed by atoms with van der Waals surface area (Å²) < 4.78 is 5.68. The molecule has 1 aliphatic rings. The van der Waals surface area contributed by atoms with Crippen molar-refractivity contribution in [2.24, 2.45) is 0 Å². The first-order chi connectivity index (χ1) is 9.78. The molecule has 3 rings (SSSR count). The van der Waals surface area contributed by atoms with Crippen molar-refractivity contribution in [3.8, 4) is 5.75 Å². The van der Waals surface area contributed by atoms with Crippen molar-refractivity contribution in [1.29, 1.82) is 0 Å². The van der Waals surface area contributed by atoms with Gasteiger partial charge in [0.15, 0.2) is 0 Å². The van der Waals surface area contributed by atoms with Gasteiger partial charge in [-0.3, -0.25) is 0 Å². The van der Waals surface area contributed by atoms with Gasteiger partial charge in [-0.05, 0) is 47.6 Å². The highest BCUT2D eigenvalue weighted by atomic mass is 79.9. The van der Waals surface area contributed by atoms with E-state index in [1.165, 1.54) is 22.3 Å². The van der Waals surface area contributed by atoms with Crippen LogP contribution in [0.15, 0.2) is 42.5 Å². The second kappa shape index (κ2) is 6.01. The van der Waals surface area contributed by atoms with Gasteiger partial charge in [0.1, 0.15) is 5.75 Å². The SMILES string of the molecule is CCc1ccc(C(Br)c2ccc3c(c2)CCCO3)cc1. The second-order valence-corrected chi connectivity index (χ2v) is 6.19. The maximum Gasteiger partial charge on any atom is 0.122 e. The van der Waals surface area contributed by atoms with Crippen LogP contribution in [0.1, 0.15) is 40.4 Å². The van der Waals surface area contributed by atoms with Crippen molar-refractivity contribution < 1.29 is 4.74 Å². The number of halogens is 1. The van der Waals surface area contributed by atoms with Crippen molar-refractivity contribution in [3.05, 3.63) is 64.7 Å². The number of benzene rings is 2. The molecule has 2 aromatic carbocycles. The molecule has 0 N–H and O–H groups in total. The third-order valence-electron chi connectivity index (χ3n) is 3.91. The quantitative estimate of drug-likeness (QED) is 0.715. The topological polar surface area (TPSA) is 9.23 Å². The monoisotopic (exact) mass is 330 g/mol. The molecule has 1 unspecified atom stereocenters. The van der Waals surface area contributed by atoms with Gasteiger partial charge < -0.3 is 4.74 Å². The molecular weight excluding hydrogens is 312 g/mol. The van der Waals surface area contributed by atoms with Gasteiger partial charge in [-0.2, -0.15) is 0 Å². The summed E-state index contributed by atoms with van der Waals surface area (Å²) in [5.74, 6) is 1.06. The van der Waals surface area contributed by atoms with Gasteiger partial charge in [-0.1, -0.05) is 59.3 Å². The van der Waals surface area contributed by atoms with Crippen molar-refractivity contribution >= 4 is 15.9 Å². The number of aryl methyl sites for hydroxylation is 2. The van der Waals surface area contributed by atoms with Crippen LogP contribution in [0.3, 0.4) is 0 Å². The fourth-order valence-corrected chi connectivity index (χ4v) is 3.24. The van der Waals surface area contributed by atoms with E-state index in [0.717, 1.165) is 31.6 Å². The molecule has 20 heavy (non-hydrogen) atoms. The Kier molecular flexibility index (Phi) is 4.11. The molecule has 0 saturated heterocycles. The lowest BCUT2D eigenvalue weighted by Crippen LogP contribution is -2.08. The van der Waals surface area contributed by atoms with E-state index in [-0.39, 0.29) is 4.83 Å². The van der Waals surface area contributed by atoms with Crippen LogP contribution in [-0.2, 0) is 12.8 Å². The summed E-state index contributed by atoms with van der Waals surface area (Å²) in [6.45, 7) is 3.03. The van der Waals surface area contributed by atoms with E-state index in [1.807, 2.05) is 0 Å². The third kappa shape index (κ3) is 2.76. The average molecular weight is 331 g/mol. The van der Waals surface area contributed by atoms with Gasteiger partial charge in [-0.25, -0.2) is 0 Å². The van der Waals surface area contributed by atoms with E-state index in [0.29, 0.717) is 0 Å². The number of hydrogen-bond acceptors (Lipinski definition) is 1. The van der Waals surface area contributed by atoms with Crippen LogP contribution in [0.2, 0.25) is 0 Å². The Labute approximate surface area is 129 Å². The molecule has 0 amide bonds. The highest BCUT2D eigenvalue weighted by molar-refractivity contribution is 9.09. The Morgan fingerprint density at radius 3 is 2.60 bits per heavy atom. The van der Waals surface area contributed by atoms with Crippen LogP contribution in [0.25, 0.3) is 0 Å². The minimum Gasteiger partial charge on any atom is -0.493 e. The Morgan fingerprint density at radius 1 is 1.10 bits per heavy atom. The lowest BCUT2D eigenvalue weighted by atomic mass is 9.98. The molecule has 0 aromatic heterocycles. The van der Waals surface area contributed by atoms with Gasteiger partial charge in [0.2, 0.25) is 0 Å². The molecule has 0 bridgehead atoms. The number of alkyl halides is 1. The van der Waals surface area contributed by atoms with E-state index in [2.05, 4.69) is 65.3 Å². The average Bonchev–Trinajstić information content (AvgIpc) is 2.54. The summed E-state index contributed by atoms with van der Waals surface area (Å²) in [6.07, 6.45) is 3.33. The molecule has 104 valence electrons. The van der Waals surface area contributed by atoms with Gasteiger partial charge in [0, 0.05) is 0 Å². The molecule has 0 spiro atoms. The van der Waals surface area contributed by atoms with Crippen LogP contribution in [0, 0.1) is 0 Å². The van der Waals surface area contributed by atoms with Crippen LogP contribution in [-0.4, -0.2) is 6.61 Å². The van der Waals surface area contributed by atoms with Gasteiger partial charge >= 0.3 is 0 Å². The first-order valence-electron chi connectivity index (χ1n) is 7.26. The predicted octanol–water partition coefficient (Wildman–Crippen LogP) is 5.06. The molecule has 2 aromatic rings. The summed E-state index contributed by atoms with van der Waals surface area (Å²) in [5, 5.41) is 0. The highest BCUT2D eigenvalue weighted by Crippen LogP contribution is 2.35. The normalized spacial score (nSPS) is 15.3. The van der Waals surface area contributed by atoms with Crippen molar-refractivity contribution in [2.75, 3.05) is 6.61 Å². The van der Waals surface area contributed by atoms with E-state index in [1.54, 1.807) is 0 Å². The third-order valence-corrected chi connectivity index (χ3v) is 4.96. The molecule has 0 radical (unpaired) electrons. The maximum absolute atomic E-state index is 5.68. The second-order valence-electron chi connectivity index (χ2n) is 5.28. The predicted molar refractivity (Wildman–Crippen MR) is 86.8 cm³/mol. The van der Waals surface area contributed by atoms with Crippen LogP contribution in [0.5, 0.6) is 5.75 Å². The zero-order valence-electron chi connectivity index (χ0n) is 11.7. The fourth-order valence-electron chi connectivity index (χ4n) is 2.65. The minimum absolute atomic E-state index is 0.251. The Hall–Kier alpha value is -1.28. The van der Waals surface area contributed by atoms with Gasteiger partial charge in [0.05, 0.1) is 11.4 Å². The Bertz CT molecular complexity index is 589. The zero-order valence-corrected chi connectivity index (χ0v) is 13.3. The number of hydrogen-bond donors (Lipinski definition) is 0. The molecule has 0 aliphatic carbocycles. The lowest BCUT2D eigenvalue weighted by molar-refractivity contribution is 0.288. The molecule has 0 fully saturated rings. The van der Waals surface area contributed by atoms with Crippen LogP contribution >= 0.6 is 15.9 Å². The molecular formula is C18H19BrO. The molecule has 1 nitrogen and oxygen atoms in total. The van der Waals surface area contributed by atoms with E-state index < -0.39 is 0 Å². The van der Waals surface area contributed by atoms with E-state index >= 15 is 0 Å². The minimum atomic E-state index is 0.251. The summed E-state index contributed by atoms with van der Waals surface area (Å²) in [6, 6.07) is 15.4. The van der Waals surface area contributed by atoms with E-state index in [4.69, 9.17) is 4.74 Å². The molecule has 0 saturated carbocycles. The smallest absolute Gasteiger partial charge is 0.122 e. The number of ether oxygens (including phenoxy) is 1. The fraction of sp³-hybridized carbons (Fsp3) is 0.333. The van der Waals surface area contributed by atoms with Crippen LogP contribution in [0.4, 0.5) is 0 Å². The number of fused-ring (bicyclic) bond motifs is 1. The maximum atomic E-state index is 5.68. The summed E-state index contributed by atoms with van der Waals surface area (Å²) in [7, 11) is 0. The lowest BCUT2D eigenvalue weighted by Gasteiger charge is -2.19. The highest BCUT2D eigenvalue weighted by Gasteiger charge is 2.15. The summed E-state index contributed by atoms with van der Waals surface area (Å²) in [4.78, 5) is 0.251. The Morgan fingerprint density at radius 2 is 1.85 bits per heavy atom. The number of rotatable bonds is 3.